The number of rotatable bonds is 5. The van der Waals surface area contributed by atoms with Crippen LogP contribution in [0.25, 0.3) is 0 Å². The number of amides is 1. The molecule has 0 spiro atoms. The van der Waals surface area contributed by atoms with Crippen molar-refractivity contribution in [2.24, 2.45) is 0 Å². The van der Waals surface area contributed by atoms with E-state index in [0.29, 0.717) is 29.4 Å². The zero-order valence-electron chi connectivity index (χ0n) is 15.2. The first-order chi connectivity index (χ1) is 12.5. The molecule has 1 amide bonds. The quantitative estimate of drug-likeness (QED) is 0.734. The molecule has 1 aromatic carbocycles. The second kappa shape index (κ2) is 8.23. The molecule has 1 saturated heterocycles. The molecule has 140 valence electrons. The Bertz CT molecular complexity index is 707. The number of carbonyl (C=O) groups excluding carboxylic acids is 2. The molecule has 2 atom stereocenters. The van der Waals surface area contributed by atoms with Crippen LogP contribution in [0.15, 0.2) is 35.5 Å². The lowest BCUT2D eigenvalue weighted by Crippen LogP contribution is -2.42. The second-order valence-electron chi connectivity index (χ2n) is 6.67. The molecule has 6 heteroatoms. The molecular weight excluding hydrogens is 354 g/mol. The highest BCUT2D eigenvalue weighted by Crippen LogP contribution is 2.37. The van der Waals surface area contributed by atoms with E-state index in [2.05, 4.69) is 0 Å². The van der Waals surface area contributed by atoms with E-state index in [9.17, 15) is 9.59 Å². The summed E-state index contributed by atoms with van der Waals surface area (Å²) in [7, 11) is 0. The van der Waals surface area contributed by atoms with Crippen LogP contribution >= 0.6 is 11.6 Å². The third kappa shape index (κ3) is 3.94. The van der Waals surface area contributed by atoms with Crippen LogP contribution in [0, 0.1) is 0 Å². The van der Waals surface area contributed by atoms with Crippen LogP contribution in [0.4, 0.5) is 0 Å². The van der Waals surface area contributed by atoms with Gasteiger partial charge in [-0.2, -0.15) is 0 Å². The van der Waals surface area contributed by atoms with Crippen molar-refractivity contribution in [3.8, 4) is 0 Å². The third-order valence-corrected chi connectivity index (χ3v) is 5.25. The molecular formula is C20H24ClNO4. The molecule has 2 aliphatic rings. The molecule has 0 unspecified atom stereocenters. The van der Waals surface area contributed by atoms with E-state index in [1.165, 1.54) is 0 Å². The smallest absolute Gasteiger partial charge is 0.336 e. The first-order valence-corrected chi connectivity index (χ1v) is 9.44. The Morgan fingerprint density at radius 1 is 1.35 bits per heavy atom. The number of hydrogen-bond donors (Lipinski definition) is 0. The maximum Gasteiger partial charge on any atom is 0.336 e. The van der Waals surface area contributed by atoms with Crippen molar-refractivity contribution in [3.63, 3.8) is 0 Å². The van der Waals surface area contributed by atoms with Crippen LogP contribution in [0.2, 0.25) is 5.02 Å². The summed E-state index contributed by atoms with van der Waals surface area (Å²) in [5.41, 5.74) is 2.10. The molecule has 3 rings (SSSR count). The molecule has 0 aliphatic carbocycles. The predicted molar refractivity (Wildman–Crippen MR) is 98.8 cm³/mol. The number of benzene rings is 1. The minimum absolute atomic E-state index is 0.00555. The highest BCUT2D eigenvalue weighted by molar-refractivity contribution is 6.30. The number of halogens is 1. The highest BCUT2D eigenvalue weighted by atomic mass is 35.5. The van der Waals surface area contributed by atoms with Crippen molar-refractivity contribution in [1.82, 2.24) is 4.90 Å². The Labute approximate surface area is 158 Å². The topological polar surface area (TPSA) is 55.8 Å². The van der Waals surface area contributed by atoms with E-state index < -0.39 is 0 Å². The fourth-order valence-corrected chi connectivity index (χ4v) is 3.81. The van der Waals surface area contributed by atoms with E-state index >= 15 is 0 Å². The minimum atomic E-state index is -0.366. The summed E-state index contributed by atoms with van der Waals surface area (Å²) >= 11 is 5.98. The molecule has 5 nitrogen and oxygen atoms in total. The van der Waals surface area contributed by atoms with Crippen LogP contribution in [0.5, 0.6) is 0 Å². The molecule has 0 radical (unpaired) electrons. The molecule has 0 saturated carbocycles. The van der Waals surface area contributed by atoms with Gasteiger partial charge in [0.05, 0.1) is 24.8 Å². The summed E-state index contributed by atoms with van der Waals surface area (Å²) in [4.78, 5) is 27.2. The van der Waals surface area contributed by atoms with Gasteiger partial charge in [0.2, 0.25) is 5.91 Å². The van der Waals surface area contributed by atoms with Gasteiger partial charge >= 0.3 is 5.97 Å². The van der Waals surface area contributed by atoms with E-state index in [0.717, 1.165) is 25.0 Å². The molecule has 2 heterocycles. The summed E-state index contributed by atoms with van der Waals surface area (Å²) in [6, 6.07) is 7.28. The normalized spacial score (nSPS) is 23.5. The zero-order valence-corrected chi connectivity index (χ0v) is 15.9. The van der Waals surface area contributed by atoms with E-state index in [4.69, 9.17) is 21.1 Å². The average molecular weight is 378 g/mol. The summed E-state index contributed by atoms with van der Waals surface area (Å²) in [6.07, 6.45) is 2.21. The Balaban J connectivity index is 1.96. The van der Waals surface area contributed by atoms with Crippen LogP contribution < -0.4 is 0 Å². The van der Waals surface area contributed by atoms with Gasteiger partial charge in [-0.15, -0.1) is 0 Å². The highest BCUT2D eigenvalue weighted by Gasteiger charge is 2.38. The predicted octanol–water partition coefficient (Wildman–Crippen LogP) is 3.67. The van der Waals surface area contributed by atoms with Gasteiger partial charge in [0, 0.05) is 29.7 Å². The molecule has 0 bridgehead atoms. The van der Waals surface area contributed by atoms with Crippen molar-refractivity contribution < 1.29 is 19.1 Å². The summed E-state index contributed by atoms with van der Waals surface area (Å²) in [6.45, 7) is 5.11. The lowest BCUT2D eigenvalue weighted by Gasteiger charge is -2.35. The van der Waals surface area contributed by atoms with Crippen molar-refractivity contribution in [1.29, 1.82) is 0 Å². The Morgan fingerprint density at radius 3 is 2.69 bits per heavy atom. The summed E-state index contributed by atoms with van der Waals surface area (Å²) in [5.74, 6) is -0.680. The second-order valence-corrected chi connectivity index (χ2v) is 7.10. The van der Waals surface area contributed by atoms with Crippen LogP contribution in [0.3, 0.4) is 0 Å². The van der Waals surface area contributed by atoms with Crippen molar-refractivity contribution >= 4 is 23.5 Å². The van der Waals surface area contributed by atoms with Gasteiger partial charge in [0.15, 0.2) is 0 Å². The molecule has 2 aliphatic heterocycles. The number of hydrogen-bond acceptors (Lipinski definition) is 4. The number of esters is 1. The first kappa shape index (κ1) is 18.9. The van der Waals surface area contributed by atoms with Gasteiger partial charge in [-0.05, 0) is 44.4 Å². The fraction of sp³-hybridized carbons (Fsp3) is 0.500. The number of carbonyl (C=O) groups is 2. The van der Waals surface area contributed by atoms with Crippen molar-refractivity contribution in [3.05, 3.63) is 46.1 Å². The fourth-order valence-electron chi connectivity index (χ4n) is 3.68. The summed E-state index contributed by atoms with van der Waals surface area (Å²) in [5, 5.41) is 0.620. The lowest BCUT2D eigenvalue weighted by molar-refractivity contribution is -0.140. The van der Waals surface area contributed by atoms with E-state index in [1.807, 2.05) is 19.1 Å². The van der Waals surface area contributed by atoms with Crippen LogP contribution in [0.1, 0.15) is 44.6 Å². The summed E-state index contributed by atoms with van der Waals surface area (Å²) < 4.78 is 11.0. The SMILES string of the molecule is CCOC(=O)C1=C(C)N(C[C@@H]2CCCO2)C(=O)C[C@@H]1c1ccc(Cl)cc1. The standard InChI is InChI=1S/C20H24ClNO4/c1-3-25-20(24)19-13(2)22(12-16-5-4-10-26-16)18(23)11-17(19)14-6-8-15(21)9-7-14/h6-9,16-17H,3-5,10-12H2,1-2H3/t16-,17+/m0/s1. The average Bonchev–Trinajstić information content (AvgIpc) is 3.12. The molecule has 1 aromatic rings. The monoisotopic (exact) mass is 377 g/mol. The number of ether oxygens (including phenoxy) is 2. The molecule has 1 fully saturated rings. The van der Waals surface area contributed by atoms with Gasteiger partial charge in [0.1, 0.15) is 0 Å². The van der Waals surface area contributed by atoms with Crippen molar-refractivity contribution in [2.75, 3.05) is 19.8 Å². The first-order valence-electron chi connectivity index (χ1n) is 9.06. The maximum absolute atomic E-state index is 12.8. The van der Waals surface area contributed by atoms with Gasteiger partial charge in [-0.25, -0.2) is 4.79 Å². The van der Waals surface area contributed by atoms with Gasteiger partial charge in [0.25, 0.3) is 0 Å². The minimum Gasteiger partial charge on any atom is -0.463 e. The largest absolute Gasteiger partial charge is 0.463 e. The molecule has 26 heavy (non-hydrogen) atoms. The van der Waals surface area contributed by atoms with Crippen molar-refractivity contribution in [2.45, 2.75) is 45.1 Å². The Hall–Kier alpha value is -1.85. The zero-order chi connectivity index (χ0) is 18.7. The van der Waals surface area contributed by atoms with Gasteiger partial charge in [-0.1, -0.05) is 23.7 Å². The molecule has 0 N–H and O–H groups in total. The van der Waals surface area contributed by atoms with Crippen LogP contribution in [-0.2, 0) is 19.1 Å². The molecule has 0 aromatic heterocycles. The maximum atomic E-state index is 12.8. The van der Waals surface area contributed by atoms with Crippen LogP contribution in [-0.4, -0.2) is 42.6 Å². The Morgan fingerprint density at radius 2 is 2.08 bits per heavy atom. The number of nitrogens with zero attached hydrogens (tertiary/aromatic N) is 1. The van der Waals surface area contributed by atoms with Gasteiger partial charge in [-0.3, -0.25) is 4.79 Å². The van der Waals surface area contributed by atoms with E-state index in [1.54, 1.807) is 24.0 Å². The van der Waals surface area contributed by atoms with E-state index in [-0.39, 0.29) is 30.3 Å². The lowest BCUT2D eigenvalue weighted by atomic mass is 9.83. The van der Waals surface area contributed by atoms with Gasteiger partial charge < -0.3 is 14.4 Å². The third-order valence-electron chi connectivity index (χ3n) is 5.00. The number of allylic oxidation sites excluding steroid dienone is 1. The Kier molecular flexibility index (Phi) is 5.99.